The number of fused-ring (bicyclic) bond motifs is 1. The van der Waals surface area contributed by atoms with E-state index >= 15 is 0 Å². The van der Waals surface area contributed by atoms with E-state index in [2.05, 4.69) is 19.2 Å². The van der Waals surface area contributed by atoms with Crippen molar-refractivity contribution in [3.63, 3.8) is 0 Å². The molecule has 0 atom stereocenters. The Morgan fingerprint density at radius 1 is 1.09 bits per heavy atom. The first kappa shape index (κ1) is 16.5. The molecular weight excluding hydrogens is 280 g/mol. The van der Waals surface area contributed by atoms with Crippen molar-refractivity contribution >= 4 is 11.8 Å². The van der Waals surface area contributed by atoms with Crippen LogP contribution in [-0.4, -0.2) is 16.4 Å². The zero-order valence-electron chi connectivity index (χ0n) is 13.4. The summed E-state index contributed by atoms with van der Waals surface area (Å²) >= 11 is 0. The van der Waals surface area contributed by atoms with Crippen molar-refractivity contribution in [2.75, 3.05) is 0 Å². The molecule has 0 radical (unpaired) electrons. The Morgan fingerprint density at radius 2 is 1.82 bits per heavy atom. The smallest absolute Gasteiger partial charge is 0.263 e. The number of rotatable bonds is 7. The average molecular weight is 304 g/mol. The molecular formula is C17H24N2O3. The van der Waals surface area contributed by atoms with Crippen LogP contribution >= 0.6 is 0 Å². The predicted octanol–water partition coefficient (Wildman–Crippen LogP) is 2.19. The summed E-state index contributed by atoms with van der Waals surface area (Å²) in [5.74, 6) is -0.880. The van der Waals surface area contributed by atoms with Crippen LogP contribution in [0.3, 0.4) is 0 Å². The highest BCUT2D eigenvalue weighted by Gasteiger charge is 2.28. The Labute approximate surface area is 130 Å². The van der Waals surface area contributed by atoms with Crippen molar-refractivity contribution < 1.29 is 9.59 Å². The third-order valence-electron chi connectivity index (χ3n) is 4.08. The minimum Gasteiger partial charge on any atom is -0.347 e. The largest absolute Gasteiger partial charge is 0.347 e. The third kappa shape index (κ3) is 3.46. The van der Waals surface area contributed by atoms with Crippen molar-refractivity contribution in [2.45, 2.75) is 65.3 Å². The minimum absolute atomic E-state index is 0.113. The summed E-state index contributed by atoms with van der Waals surface area (Å²) in [6.45, 7) is 4.99. The van der Waals surface area contributed by atoms with Gasteiger partial charge in [-0.05, 0) is 19.3 Å². The number of pyridine rings is 1. The molecule has 0 fully saturated rings. The van der Waals surface area contributed by atoms with E-state index in [9.17, 15) is 14.4 Å². The molecule has 22 heavy (non-hydrogen) atoms. The second-order valence-electron chi connectivity index (χ2n) is 5.84. The summed E-state index contributed by atoms with van der Waals surface area (Å²) in [7, 11) is 0. The van der Waals surface area contributed by atoms with Gasteiger partial charge < -0.3 is 4.57 Å². The fraction of sp³-hybridized carbons (Fsp3) is 0.588. The van der Waals surface area contributed by atoms with Crippen molar-refractivity contribution in [3.8, 4) is 0 Å². The maximum absolute atomic E-state index is 12.3. The molecule has 2 rings (SSSR count). The number of hydrogen-bond donors (Lipinski definition) is 1. The van der Waals surface area contributed by atoms with E-state index in [1.54, 1.807) is 6.07 Å². The lowest BCUT2D eigenvalue weighted by molar-refractivity contribution is -0.119. The molecule has 1 aromatic rings. The van der Waals surface area contributed by atoms with E-state index in [1.165, 1.54) is 0 Å². The number of imide groups is 1. The molecule has 2 heterocycles. The molecule has 1 N–H and O–H groups in total. The molecule has 0 aliphatic carbocycles. The summed E-state index contributed by atoms with van der Waals surface area (Å²) in [5.41, 5.74) is 1.43. The molecule has 2 amide bonds. The van der Waals surface area contributed by atoms with Gasteiger partial charge in [-0.1, -0.05) is 33.1 Å². The highest BCUT2D eigenvalue weighted by Crippen LogP contribution is 2.17. The zero-order chi connectivity index (χ0) is 16.1. The van der Waals surface area contributed by atoms with Crippen LogP contribution in [-0.2, 0) is 24.2 Å². The highest BCUT2D eigenvalue weighted by atomic mass is 16.2. The maximum atomic E-state index is 12.3. The van der Waals surface area contributed by atoms with Gasteiger partial charge in [0.25, 0.3) is 5.91 Å². The van der Waals surface area contributed by atoms with Gasteiger partial charge in [0.15, 0.2) is 5.43 Å². The molecule has 1 aromatic heterocycles. The molecule has 120 valence electrons. The van der Waals surface area contributed by atoms with E-state index in [0.717, 1.165) is 50.8 Å². The number of nitrogens with zero attached hydrogens (tertiary/aromatic N) is 1. The Hall–Kier alpha value is -1.91. The average Bonchev–Trinajstić information content (AvgIpc) is 2.46. The summed E-state index contributed by atoms with van der Waals surface area (Å²) in [6, 6.07) is 1.58. The van der Waals surface area contributed by atoms with Crippen LogP contribution in [0.5, 0.6) is 0 Å². The molecule has 1 aliphatic rings. The Balaban J connectivity index is 2.47. The van der Waals surface area contributed by atoms with Crippen molar-refractivity contribution in [1.29, 1.82) is 0 Å². The van der Waals surface area contributed by atoms with Gasteiger partial charge in [-0.3, -0.25) is 19.7 Å². The lowest BCUT2D eigenvalue weighted by atomic mass is 10.0. The Morgan fingerprint density at radius 3 is 2.50 bits per heavy atom. The highest BCUT2D eigenvalue weighted by molar-refractivity contribution is 6.09. The summed E-state index contributed by atoms with van der Waals surface area (Å²) in [6.07, 6.45) is 6.16. The molecule has 0 saturated carbocycles. The van der Waals surface area contributed by atoms with Crippen molar-refractivity contribution in [1.82, 2.24) is 9.88 Å². The number of unbranched alkanes of at least 4 members (excludes halogenated alkanes) is 3. The van der Waals surface area contributed by atoms with Gasteiger partial charge in [0.05, 0.1) is 6.42 Å². The quantitative estimate of drug-likeness (QED) is 0.620. The summed E-state index contributed by atoms with van der Waals surface area (Å²) in [4.78, 5) is 35.9. The van der Waals surface area contributed by atoms with Gasteiger partial charge in [-0.15, -0.1) is 0 Å². The summed E-state index contributed by atoms with van der Waals surface area (Å²) in [5, 5.41) is 2.24. The van der Waals surface area contributed by atoms with Crippen LogP contribution < -0.4 is 10.7 Å². The molecule has 0 unspecified atom stereocenters. The van der Waals surface area contributed by atoms with E-state index in [-0.39, 0.29) is 23.3 Å². The number of amides is 2. The van der Waals surface area contributed by atoms with Crippen molar-refractivity contribution in [2.24, 2.45) is 0 Å². The van der Waals surface area contributed by atoms with Gasteiger partial charge in [0, 0.05) is 24.0 Å². The Kier molecular flexibility index (Phi) is 5.52. The molecule has 0 bridgehead atoms. The second kappa shape index (κ2) is 7.38. The maximum Gasteiger partial charge on any atom is 0.263 e. The molecule has 0 spiro atoms. The lowest BCUT2D eigenvalue weighted by Crippen LogP contribution is -2.43. The fourth-order valence-corrected chi connectivity index (χ4v) is 2.92. The van der Waals surface area contributed by atoms with Crippen LogP contribution in [0.4, 0.5) is 0 Å². The minimum atomic E-state index is -0.554. The first-order chi connectivity index (χ1) is 10.6. The third-order valence-corrected chi connectivity index (χ3v) is 4.08. The number of aromatic nitrogens is 1. The SMILES string of the molecule is CCCCCc1cc(=O)c2c(n1CCCC)CC(=O)NC2=O. The topological polar surface area (TPSA) is 68.2 Å². The predicted molar refractivity (Wildman–Crippen MR) is 85.0 cm³/mol. The summed E-state index contributed by atoms with van der Waals surface area (Å²) < 4.78 is 2.03. The van der Waals surface area contributed by atoms with Crippen LogP contribution in [0.25, 0.3) is 0 Å². The van der Waals surface area contributed by atoms with E-state index in [1.807, 2.05) is 4.57 Å². The van der Waals surface area contributed by atoms with E-state index < -0.39 is 5.91 Å². The number of carbonyl (C=O) groups excluding carboxylic acids is 2. The van der Waals surface area contributed by atoms with Crippen molar-refractivity contribution in [3.05, 3.63) is 33.2 Å². The molecule has 0 aromatic carbocycles. The van der Waals surface area contributed by atoms with Crippen LogP contribution in [0.1, 0.15) is 67.7 Å². The number of carbonyl (C=O) groups is 2. The van der Waals surface area contributed by atoms with Gasteiger partial charge in [-0.2, -0.15) is 0 Å². The molecule has 0 saturated heterocycles. The number of nitrogens with one attached hydrogen (secondary N) is 1. The van der Waals surface area contributed by atoms with E-state index in [0.29, 0.717) is 5.69 Å². The van der Waals surface area contributed by atoms with Gasteiger partial charge >= 0.3 is 0 Å². The fourth-order valence-electron chi connectivity index (χ4n) is 2.92. The molecule has 1 aliphatic heterocycles. The first-order valence-electron chi connectivity index (χ1n) is 8.18. The molecule has 5 heteroatoms. The standard InChI is InChI=1S/C17H24N2O3/c1-3-5-7-8-12-10-14(20)16-13(19(12)9-6-4-2)11-15(21)18-17(16)22/h10H,3-9,11H2,1-2H3,(H,18,21,22). The monoisotopic (exact) mass is 304 g/mol. The number of aryl methyl sites for hydroxylation is 1. The van der Waals surface area contributed by atoms with Crippen LogP contribution in [0, 0.1) is 0 Å². The van der Waals surface area contributed by atoms with Crippen LogP contribution in [0.2, 0.25) is 0 Å². The molecule has 5 nitrogen and oxygen atoms in total. The van der Waals surface area contributed by atoms with Crippen LogP contribution in [0.15, 0.2) is 10.9 Å². The van der Waals surface area contributed by atoms with Gasteiger partial charge in [0.2, 0.25) is 5.91 Å². The normalized spacial score (nSPS) is 13.9. The Bertz CT molecular complexity index is 632. The first-order valence-corrected chi connectivity index (χ1v) is 8.18. The number of hydrogen-bond acceptors (Lipinski definition) is 3. The van der Waals surface area contributed by atoms with Gasteiger partial charge in [-0.25, -0.2) is 0 Å². The van der Waals surface area contributed by atoms with Gasteiger partial charge in [0.1, 0.15) is 5.56 Å². The zero-order valence-corrected chi connectivity index (χ0v) is 13.4. The lowest BCUT2D eigenvalue weighted by Gasteiger charge is -2.23. The second-order valence-corrected chi connectivity index (χ2v) is 5.84. The van der Waals surface area contributed by atoms with E-state index in [4.69, 9.17) is 0 Å².